The summed E-state index contributed by atoms with van der Waals surface area (Å²) in [6, 6.07) is 0. The maximum absolute atomic E-state index is 11.4. The Bertz CT molecular complexity index is 322. The average molecular weight is 211 g/mol. The van der Waals surface area contributed by atoms with E-state index in [2.05, 4.69) is 12.0 Å². The lowest BCUT2D eigenvalue weighted by Gasteiger charge is -2.11. The number of hydrogen-bond donors (Lipinski definition) is 1. The predicted molar refractivity (Wildman–Crippen MR) is 57.1 cm³/mol. The Labute approximate surface area is 89.2 Å². The number of hydrogen-bond acceptors (Lipinski definition) is 4. The molecule has 1 rings (SSSR count). The van der Waals surface area contributed by atoms with Crippen molar-refractivity contribution in [2.75, 3.05) is 5.73 Å². The molecule has 1 unspecified atom stereocenters. The number of nitrogens with zero attached hydrogens (tertiary/aromatic N) is 2. The van der Waals surface area contributed by atoms with E-state index in [1.54, 1.807) is 6.20 Å². The number of nitrogen functional groups attached to an aromatic ring is 1. The minimum absolute atomic E-state index is 0.0320. The van der Waals surface area contributed by atoms with Crippen LogP contribution in [-0.4, -0.2) is 21.9 Å². The van der Waals surface area contributed by atoms with Crippen LogP contribution in [0.2, 0.25) is 0 Å². The van der Waals surface area contributed by atoms with Crippen molar-refractivity contribution in [3.63, 3.8) is 0 Å². The van der Waals surface area contributed by atoms with Crippen LogP contribution < -0.4 is 5.73 Å². The highest BCUT2D eigenvalue weighted by atomic mass is 16.5. The zero-order valence-corrected chi connectivity index (χ0v) is 9.14. The standard InChI is InChI=1S/C10H17N3O2/c1-3-4-8(2)15-10(14)7-13-6-9(11)5-12-13/h5-6,8H,3-4,7,11H2,1-2H3. The van der Waals surface area contributed by atoms with Crippen LogP contribution in [0.3, 0.4) is 0 Å². The number of carbonyl (C=O) groups excluding carboxylic acids is 1. The lowest BCUT2D eigenvalue weighted by atomic mass is 10.2. The molecule has 0 radical (unpaired) electrons. The Hall–Kier alpha value is -1.52. The van der Waals surface area contributed by atoms with Crippen molar-refractivity contribution in [3.05, 3.63) is 12.4 Å². The van der Waals surface area contributed by atoms with E-state index in [-0.39, 0.29) is 18.6 Å². The summed E-state index contributed by atoms with van der Waals surface area (Å²) in [5, 5.41) is 3.90. The molecule has 1 atom stereocenters. The van der Waals surface area contributed by atoms with E-state index in [4.69, 9.17) is 10.5 Å². The van der Waals surface area contributed by atoms with Crippen molar-refractivity contribution in [1.82, 2.24) is 9.78 Å². The molecule has 0 aromatic carbocycles. The van der Waals surface area contributed by atoms with E-state index < -0.39 is 0 Å². The van der Waals surface area contributed by atoms with Gasteiger partial charge in [-0.2, -0.15) is 5.10 Å². The average Bonchev–Trinajstić information content (AvgIpc) is 2.51. The third-order valence-corrected chi connectivity index (χ3v) is 1.97. The fourth-order valence-corrected chi connectivity index (χ4v) is 1.33. The van der Waals surface area contributed by atoms with Crippen LogP contribution in [0.5, 0.6) is 0 Å². The molecule has 0 saturated carbocycles. The summed E-state index contributed by atoms with van der Waals surface area (Å²) >= 11 is 0. The first kappa shape index (κ1) is 11.6. The SMILES string of the molecule is CCCC(C)OC(=O)Cn1cc(N)cn1. The van der Waals surface area contributed by atoms with Crippen molar-refractivity contribution in [3.8, 4) is 0 Å². The van der Waals surface area contributed by atoms with E-state index in [0.29, 0.717) is 5.69 Å². The second-order valence-corrected chi connectivity index (χ2v) is 3.56. The van der Waals surface area contributed by atoms with Gasteiger partial charge in [-0.1, -0.05) is 13.3 Å². The van der Waals surface area contributed by atoms with Gasteiger partial charge in [0.05, 0.1) is 18.0 Å². The summed E-state index contributed by atoms with van der Waals surface area (Å²) < 4.78 is 6.63. The summed E-state index contributed by atoms with van der Waals surface area (Å²) in [6.45, 7) is 4.06. The van der Waals surface area contributed by atoms with Crippen molar-refractivity contribution >= 4 is 11.7 Å². The maximum Gasteiger partial charge on any atom is 0.328 e. The monoisotopic (exact) mass is 211 g/mol. The van der Waals surface area contributed by atoms with Crippen LogP contribution in [0.25, 0.3) is 0 Å². The van der Waals surface area contributed by atoms with E-state index in [1.807, 2.05) is 6.92 Å². The largest absolute Gasteiger partial charge is 0.461 e. The van der Waals surface area contributed by atoms with E-state index >= 15 is 0 Å². The van der Waals surface area contributed by atoms with Crippen LogP contribution >= 0.6 is 0 Å². The van der Waals surface area contributed by atoms with Crippen LogP contribution in [0.4, 0.5) is 5.69 Å². The van der Waals surface area contributed by atoms with Gasteiger partial charge in [-0.25, -0.2) is 0 Å². The third-order valence-electron chi connectivity index (χ3n) is 1.97. The molecule has 0 bridgehead atoms. The quantitative estimate of drug-likeness (QED) is 0.743. The van der Waals surface area contributed by atoms with E-state index in [0.717, 1.165) is 12.8 Å². The molecule has 0 amide bonds. The molecule has 0 spiro atoms. The molecule has 1 heterocycles. The molecule has 1 aromatic rings. The predicted octanol–water partition coefficient (Wildman–Crippen LogP) is 1.20. The van der Waals surface area contributed by atoms with Gasteiger partial charge in [0.2, 0.25) is 0 Å². The highest BCUT2D eigenvalue weighted by Gasteiger charge is 2.09. The third kappa shape index (κ3) is 4.01. The summed E-state index contributed by atoms with van der Waals surface area (Å²) in [7, 11) is 0. The summed E-state index contributed by atoms with van der Waals surface area (Å²) in [6.07, 6.45) is 4.96. The highest BCUT2D eigenvalue weighted by molar-refractivity contribution is 5.69. The first-order chi connectivity index (χ1) is 7.11. The van der Waals surface area contributed by atoms with Crippen molar-refractivity contribution < 1.29 is 9.53 Å². The van der Waals surface area contributed by atoms with Gasteiger partial charge in [0.15, 0.2) is 0 Å². The minimum atomic E-state index is -0.279. The molecule has 2 N–H and O–H groups in total. The number of ether oxygens (including phenoxy) is 1. The number of aromatic nitrogens is 2. The smallest absolute Gasteiger partial charge is 0.328 e. The van der Waals surface area contributed by atoms with Gasteiger partial charge in [0.1, 0.15) is 6.54 Å². The zero-order valence-electron chi connectivity index (χ0n) is 9.14. The minimum Gasteiger partial charge on any atom is -0.461 e. The van der Waals surface area contributed by atoms with Gasteiger partial charge >= 0.3 is 5.97 Å². The summed E-state index contributed by atoms with van der Waals surface area (Å²) in [5.74, 6) is -0.279. The molecule has 1 aromatic heterocycles. The highest BCUT2D eigenvalue weighted by Crippen LogP contribution is 2.03. The van der Waals surface area contributed by atoms with Crippen molar-refractivity contribution in [2.24, 2.45) is 0 Å². The summed E-state index contributed by atoms with van der Waals surface area (Å²) in [5.41, 5.74) is 6.01. The molecule has 0 saturated heterocycles. The Morgan fingerprint density at radius 3 is 3.00 bits per heavy atom. The molecule has 0 aliphatic rings. The van der Waals surface area contributed by atoms with Crippen LogP contribution in [-0.2, 0) is 16.1 Å². The molecular weight excluding hydrogens is 194 g/mol. The number of carbonyl (C=O) groups is 1. The fourth-order valence-electron chi connectivity index (χ4n) is 1.33. The maximum atomic E-state index is 11.4. The number of anilines is 1. The Morgan fingerprint density at radius 2 is 2.47 bits per heavy atom. The molecule has 0 aliphatic heterocycles. The Kier molecular flexibility index (Phi) is 4.15. The van der Waals surface area contributed by atoms with Gasteiger partial charge < -0.3 is 10.5 Å². The van der Waals surface area contributed by atoms with E-state index in [1.165, 1.54) is 10.9 Å². The molecular formula is C10H17N3O2. The van der Waals surface area contributed by atoms with Gasteiger partial charge in [0.25, 0.3) is 0 Å². The van der Waals surface area contributed by atoms with Crippen molar-refractivity contribution in [2.45, 2.75) is 39.3 Å². The van der Waals surface area contributed by atoms with Gasteiger partial charge in [-0.3, -0.25) is 9.48 Å². The zero-order chi connectivity index (χ0) is 11.3. The molecule has 0 aliphatic carbocycles. The molecule has 5 nitrogen and oxygen atoms in total. The number of esters is 1. The van der Waals surface area contributed by atoms with Gasteiger partial charge in [-0.15, -0.1) is 0 Å². The fraction of sp³-hybridized carbons (Fsp3) is 0.600. The molecule has 15 heavy (non-hydrogen) atoms. The lowest BCUT2D eigenvalue weighted by molar-refractivity contribution is -0.149. The number of nitrogens with two attached hydrogens (primary N) is 1. The topological polar surface area (TPSA) is 70.1 Å². The Balaban J connectivity index is 2.36. The molecule has 5 heteroatoms. The van der Waals surface area contributed by atoms with Crippen LogP contribution in [0.1, 0.15) is 26.7 Å². The lowest BCUT2D eigenvalue weighted by Crippen LogP contribution is -2.19. The second kappa shape index (κ2) is 5.38. The normalized spacial score (nSPS) is 12.4. The Morgan fingerprint density at radius 1 is 1.73 bits per heavy atom. The van der Waals surface area contributed by atoms with Crippen LogP contribution in [0.15, 0.2) is 12.4 Å². The second-order valence-electron chi connectivity index (χ2n) is 3.56. The summed E-state index contributed by atoms with van der Waals surface area (Å²) in [4.78, 5) is 11.4. The van der Waals surface area contributed by atoms with Gasteiger partial charge in [-0.05, 0) is 13.3 Å². The molecule has 84 valence electrons. The van der Waals surface area contributed by atoms with Crippen LogP contribution in [0, 0.1) is 0 Å². The number of rotatable bonds is 5. The van der Waals surface area contributed by atoms with Gasteiger partial charge in [0, 0.05) is 6.20 Å². The molecule has 0 fully saturated rings. The first-order valence-electron chi connectivity index (χ1n) is 5.09. The van der Waals surface area contributed by atoms with Crippen molar-refractivity contribution in [1.29, 1.82) is 0 Å². The first-order valence-corrected chi connectivity index (χ1v) is 5.09. The van der Waals surface area contributed by atoms with E-state index in [9.17, 15) is 4.79 Å².